The maximum atomic E-state index is 13.2. The molecule has 0 fully saturated rings. The molecule has 28 heavy (non-hydrogen) atoms. The molecule has 148 valence electrons. The van der Waals surface area contributed by atoms with Gasteiger partial charge in [0.1, 0.15) is 22.1 Å². The molecule has 1 aliphatic rings. The van der Waals surface area contributed by atoms with Crippen LogP contribution in [-0.2, 0) is 16.0 Å². The van der Waals surface area contributed by atoms with Gasteiger partial charge in [0, 0.05) is 11.3 Å². The molecule has 0 saturated heterocycles. The van der Waals surface area contributed by atoms with Crippen molar-refractivity contribution in [2.24, 2.45) is 0 Å². The van der Waals surface area contributed by atoms with E-state index in [0.717, 1.165) is 34.4 Å². The number of Topliss-reactive ketones (excluding diaryl/α,β-unsaturated/α-hetero) is 1. The number of carbonyl (C=O) groups excluding carboxylic acids is 1. The zero-order valence-electron chi connectivity index (χ0n) is 17.2. The smallest absolute Gasteiger partial charge is 0.198 e. The number of rotatable bonds is 3. The Labute approximate surface area is 171 Å². The van der Waals surface area contributed by atoms with E-state index in [0.29, 0.717) is 10.7 Å². The van der Waals surface area contributed by atoms with Crippen LogP contribution >= 0.6 is 11.6 Å². The first kappa shape index (κ1) is 20.6. The molecule has 0 bridgehead atoms. The first-order valence-electron chi connectivity index (χ1n) is 9.43. The van der Waals surface area contributed by atoms with E-state index < -0.39 is 11.2 Å². The highest BCUT2D eigenvalue weighted by molar-refractivity contribution is 6.29. The van der Waals surface area contributed by atoms with Crippen LogP contribution in [0.15, 0.2) is 36.1 Å². The van der Waals surface area contributed by atoms with Gasteiger partial charge in [-0.1, -0.05) is 30.7 Å². The number of aromatic nitrogens is 1. The van der Waals surface area contributed by atoms with E-state index in [2.05, 4.69) is 4.98 Å². The van der Waals surface area contributed by atoms with Gasteiger partial charge in [-0.25, -0.2) is 4.98 Å². The standard InChI is InChI=1S/C23H26ClNO3/c1-7-14-8-9-15(16-10-11-18(24)25-13(16)2)12-17(14)19-20(26)22(3,4)28-23(5,6)21(19)27/h8-12,26H,7H2,1-6H3. The van der Waals surface area contributed by atoms with Crippen molar-refractivity contribution in [2.45, 2.75) is 59.2 Å². The summed E-state index contributed by atoms with van der Waals surface area (Å²) in [5, 5.41) is 11.4. The van der Waals surface area contributed by atoms with E-state index in [1.807, 2.05) is 38.1 Å². The Morgan fingerprint density at radius 3 is 2.36 bits per heavy atom. The number of aliphatic hydroxyl groups excluding tert-OH is 1. The highest BCUT2D eigenvalue weighted by atomic mass is 35.5. The molecule has 3 rings (SSSR count). The molecule has 1 aromatic carbocycles. The molecule has 1 aromatic heterocycles. The van der Waals surface area contributed by atoms with Crippen molar-refractivity contribution in [1.29, 1.82) is 0 Å². The van der Waals surface area contributed by atoms with Crippen molar-refractivity contribution >= 4 is 23.0 Å². The first-order chi connectivity index (χ1) is 13.0. The zero-order chi connectivity index (χ0) is 20.9. The minimum Gasteiger partial charge on any atom is -0.508 e. The summed E-state index contributed by atoms with van der Waals surface area (Å²) in [6.07, 6.45) is 0.735. The summed E-state index contributed by atoms with van der Waals surface area (Å²) in [6.45, 7) is 11.0. The SMILES string of the molecule is CCc1ccc(-c2ccc(Cl)nc2C)cc1C1=C(O)C(C)(C)OC(C)(C)C1=O. The summed E-state index contributed by atoms with van der Waals surface area (Å²) in [5.74, 6) is -0.253. The predicted octanol–water partition coefficient (Wildman–Crippen LogP) is 5.70. The summed E-state index contributed by atoms with van der Waals surface area (Å²) < 4.78 is 5.88. The third kappa shape index (κ3) is 3.47. The number of carbonyl (C=O) groups is 1. The minimum absolute atomic E-state index is 0.0328. The Bertz CT molecular complexity index is 989. The fourth-order valence-corrected chi connectivity index (χ4v) is 4.00. The van der Waals surface area contributed by atoms with Gasteiger partial charge in [-0.3, -0.25) is 4.79 Å². The second-order valence-corrected chi connectivity index (χ2v) is 8.56. The molecular formula is C23H26ClNO3. The van der Waals surface area contributed by atoms with Gasteiger partial charge in [-0.05, 0) is 75.9 Å². The molecule has 1 N–H and O–H groups in total. The number of pyridine rings is 1. The summed E-state index contributed by atoms with van der Waals surface area (Å²) in [4.78, 5) is 17.5. The summed E-state index contributed by atoms with van der Waals surface area (Å²) in [5.41, 5.74) is 2.75. The molecule has 0 atom stereocenters. The largest absolute Gasteiger partial charge is 0.508 e. The van der Waals surface area contributed by atoms with E-state index in [1.165, 1.54) is 0 Å². The maximum absolute atomic E-state index is 13.2. The quantitative estimate of drug-likeness (QED) is 0.672. The predicted molar refractivity (Wildman–Crippen MR) is 113 cm³/mol. The average Bonchev–Trinajstić information content (AvgIpc) is 2.60. The Morgan fingerprint density at radius 1 is 1.07 bits per heavy atom. The van der Waals surface area contributed by atoms with Crippen LogP contribution in [0.5, 0.6) is 0 Å². The topological polar surface area (TPSA) is 59.4 Å². The molecule has 0 radical (unpaired) electrons. The van der Waals surface area contributed by atoms with Gasteiger partial charge in [0.2, 0.25) is 0 Å². The lowest BCUT2D eigenvalue weighted by Gasteiger charge is -2.40. The van der Waals surface area contributed by atoms with Crippen LogP contribution in [0.1, 0.15) is 51.4 Å². The van der Waals surface area contributed by atoms with Crippen molar-refractivity contribution in [1.82, 2.24) is 4.98 Å². The summed E-state index contributed by atoms with van der Waals surface area (Å²) >= 11 is 6.00. The number of benzene rings is 1. The van der Waals surface area contributed by atoms with Crippen molar-refractivity contribution < 1.29 is 14.6 Å². The second kappa shape index (κ2) is 7.02. The Hall–Kier alpha value is -2.17. The minimum atomic E-state index is -1.02. The number of hydrogen-bond donors (Lipinski definition) is 1. The molecule has 0 aliphatic carbocycles. The van der Waals surface area contributed by atoms with Crippen LogP contribution in [0.25, 0.3) is 16.7 Å². The second-order valence-electron chi connectivity index (χ2n) is 8.17. The number of ether oxygens (including phenoxy) is 1. The average molecular weight is 400 g/mol. The molecule has 0 spiro atoms. The normalized spacial score (nSPS) is 18.5. The van der Waals surface area contributed by atoms with Crippen molar-refractivity contribution in [3.8, 4) is 11.1 Å². The van der Waals surface area contributed by atoms with Gasteiger partial charge < -0.3 is 9.84 Å². The summed E-state index contributed by atoms with van der Waals surface area (Å²) in [7, 11) is 0. The number of halogens is 1. The number of hydrogen-bond acceptors (Lipinski definition) is 4. The molecule has 0 saturated carbocycles. The van der Waals surface area contributed by atoms with Crippen LogP contribution in [-0.4, -0.2) is 27.1 Å². The Balaban J connectivity index is 2.27. The van der Waals surface area contributed by atoms with Crippen LogP contribution in [0.2, 0.25) is 5.15 Å². The first-order valence-corrected chi connectivity index (χ1v) is 9.81. The van der Waals surface area contributed by atoms with Gasteiger partial charge in [-0.2, -0.15) is 0 Å². The Kier molecular flexibility index (Phi) is 5.15. The molecule has 0 unspecified atom stereocenters. The van der Waals surface area contributed by atoms with E-state index in [4.69, 9.17) is 16.3 Å². The molecule has 2 heterocycles. The lowest BCUT2D eigenvalue weighted by atomic mass is 9.80. The Morgan fingerprint density at radius 2 is 1.75 bits per heavy atom. The highest BCUT2D eigenvalue weighted by Gasteiger charge is 2.47. The van der Waals surface area contributed by atoms with Gasteiger partial charge in [0.25, 0.3) is 0 Å². The third-order valence-corrected chi connectivity index (χ3v) is 5.42. The molecule has 5 heteroatoms. The van der Waals surface area contributed by atoms with Crippen molar-refractivity contribution in [3.05, 3.63) is 58.1 Å². The van der Waals surface area contributed by atoms with Crippen molar-refractivity contribution in [2.75, 3.05) is 0 Å². The lowest BCUT2D eigenvalue weighted by molar-refractivity contribution is -0.158. The number of nitrogens with zero attached hydrogens (tertiary/aromatic N) is 1. The van der Waals surface area contributed by atoms with E-state index in [-0.39, 0.29) is 11.5 Å². The number of aryl methyl sites for hydroxylation is 2. The van der Waals surface area contributed by atoms with Crippen LogP contribution < -0.4 is 0 Å². The van der Waals surface area contributed by atoms with Gasteiger partial charge in [0.05, 0.1) is 5.57 Å². The highest BCUT2D eigenvalue weighted by Crippen LogP contribution is 2.41. The molecule has 0 amide bonds. The lowest BCUT2D eigenvalue weighted by Crippen LogP contribution is -2.49. The van der Waals surface area contributed by atoms with E-state index >= 15 is 0 Å². The van der Waals surface area contributed by atoms with E-state index in [1.54, 1.807) is 33.8 Å². The fourth-order valence-electron chi connectivity index (χ4n) is 3.81. The van der Waals surface area contributed by atoms with Crippen LogP contribution in [0.3, 0.4) is 0 Å². The molecular weight excluding hydrogens is 374 g/mol. The van der Waals surface area contributed by atoms with Crippen LogP contribution in [0.4, 0.5) is 0 Å². The molecule has 2 aromatic rings. The number of ketones is 1. The van der Waals surface area contributed by atoms with E-state index in [9.17, 15) is 9.90 Å². The number of aliphatic hydroxyl groups is 1. The monoisotopic (exact) mass is 399 g/mol. The van der Waals surface area contributed by atoms with Crippen molar-refractivity contribution in [3.63, 3.8) is 0 Å². The maximum Gasteiger partial charge on any atom is 0.198 e. The van der Waals surface area contributed by atoms with Gasteiger partial charge in [-0.15, -0.1) is 0 Å². The molecule has 4 nitrogen and oxygen atoms in total. The third-order valence-electron chi connectivity index (χ3n) is 5.21. The van der Waals surface area contributed by atoms with Crippen LogP contribution in [0, 0.1) is 6.92 Å². The zero-order valence-corrected chi connectivity index (χ0v) is 17.9. The summed E-state index contributed by atoms with van der Waals surface area (Å²) in [6, 6.07) is 9.64. The van der Waals surface area contributed by atoms with Gasteiger partial charge >= 0.3 is 0 Å². The van der Waals surface area contributed by atoms with Gasteiger partial charge in [0.15, 0.2) is 5.78 Å². The molecule has 1 aliphatic heterocycles. The fraction of sp³-hybridized carbons (Fsp3) is 0.391.